The molecule has 0 saturated carbocycles. The molecule has 0 spiro atoms. The minimum absolute atomic E-state index is 0.387. The molecule has 0 bridgehead atoms. The fraction of sp³-hybridized carbons (Fsp3) is 0.273. The van der Waals surface area contributed by atoms with Crippen molar-refractivity contribution in [3.63, 3.8) is 0 Å². The Morgan fingerprint density at radius 3 is 2.69 bits per heavy atom. The first kappa shape index (κ1) is 16.6. The summed E-state index contributed by atoms with van der Waals surface area (Å²) in [5, 5.41) is 3.42. The maximum Gasteiger partial charge on any atom is 0.229 e. The maximum absolute atomic E-state index is 4.84. The average Bonchev–Trinajstić information content (AvgIpc) is 2.97. The largest absolute Gasteiger partial charge is 0.324 e. The van der Waals surface area contributed by atoms with Gasteiger partial charge in [-0.2, -0.15) is 4.98 Å². The van der Waals surface area contributed by atoms with Crippen LogP contribution in [0.1, 0.15) is 30.7 Å². The van der Waals surface area contributed by atoms with Crippen molar-refractivity contribution in [3.8, 4) is 0 Å². The molecule has 3 aromatic rings. The number of nitrogens with zero attached hydrogens (tertiary/aromatic N) is 3. The number of para-hydroxylation sites is 2. The number of nitrogens with one attached hydrogen (secondary N) is 1. The molecule has 1 unspecified atom stereocenters. The van der Waals surface area contributed by atoms with E-state index in [4.69, 9.17) is 4.98 Å². The van der Waals surface area contributed by atoms with E-state index in [9.17, 15) is 0 Å². The van der Waals surface area contributed by atoms with Crippen molar-refractivity contribution in [2.75, 3.05) is 10.2 Å². The normalized spacial score (nSPS) is 15.8. The van der Waals surface area contributed by atoms with Crippen molar-refractivity contribution in [3.05, 3.63) is 71.4 Å². The van der Waals surface area contributed by atoms with E-state index in [0.717, 1.165) is 30.0 Å². The van der Waals surface area contributed by atoms with Crippen LogP contribution in [0.25, 0.3) is 0 Å². The van der Waals surface area contributed by atoms with E-state index in [1.165, 1.54) is 16.8 Å². The average molecular weight is 344 g/mol. The molecule has 0 aliphatic carbocycles. The van der Waals surface area contributed by atoms with Crippen LogP contribution in [-0.2, 0) is 12.8 Å². The van der Waals surface area contributed by atoms with Crippen LogP contribution in [0.15, 0.2) is 54.6 Å². The first-order chi connectivity index (χ1) is 12.7. The van der Waals surface area contributed by atoms with Gasteiger partial charge >= 0.3 is 0 Å². The van der Waals surface area contributed by atoms with Gasteiger partial charge in [-0.1, -0.05) is 43.3 Å². The van der Waals surface area contributed by atoms with Gasteiger partial charge in [-0.3, -0.25) is 0 Å². The molecule has 1 aliphatic rings. The summed E-state index contributed by atoms with van der Waals surface area (Å²) < 4.78 is 0. The van der Waals surface area contributed by atoms with Crippen LogP contribution in [0.4, 0.5) is 23.1 Å². The van der Waals surface area contributed by atoms with Crippen LogP contribution in [0.5, 0.6) is 0 Å². The zero-order chi connectivity index (χ0) is 18.1. The van der Waals surface area contributed by atoms with Gasteiger partial charge in [-0.25, -0.2) is 4.98 Å². The molecule has 1 atom stereocenters. The molecule has 4 nitrogen and oxygen atoms in total. The summed E-state index contributed by atoms with van der Waals surface area (Å²) in [4.78, 5) is 11.8. The minimum Gasteiger partial charge on any atom is -0.324 e. The fourth-order valence-corrected chi connectivity index (χ4v) is 3.72. The van der Waals surface area contributed by atoms with E-state index in [1.807, 2.05) is 13.0 Å². The van der Waals surface area contributed by atoms with Crippen LogP contribution in [0.3, 0.4) is 0 Å². The second-order valence-electron chi connectivity index (χ2n) is 6.88. The Morgan fingerprint density at radius 1 is 1.08 bits per heavy atom. The van der Waals surface area contributed by atoms with Crippen molar-refractivity contribution < 1.29 is 0 Å². The predicted molar refractivity (Wildman–Crippen MR) is 108 cm³/mol. The second-order valence-corrected chi connectivity index (χ2v) is 6.88. The van der Waals surface area contributed by atoms with Crippen molar-refractivity contribution in [2.45, 2.75) is 39.7 Å². The molecule has 1 aliphatic heterocycles. The molecule has 0 fully saturated rings. The summed E-state index contributed by atoms with van der Waals surface area (Å²) in [6, 6.07) is 19.4. The number of rotatable bonds is 4. The lowest BCUT2D eigenvalue weighted by molar-refractivity contribution is 0.749. The maximum atomic E-state index is 4.84. The number of fused-ring (bicyclic) bond motifs is 1. The van der Waals surface area contributed by atoms with Crippen molar-refractivity contribution in [1.82, 2.24) is 9.97 Å². The van der Waals surface area contributed by atoms with Crippen LogP contribution >= 0.6 is 0 Å². The van der Waals surface area contributed by atoms with Crippen molar-refractivity contribution in [1.29, 1.82) is 0 Å². The number of hydrogen-bond acceptors (Lipinski definition) is 4. The van der Waals surface area contributed by atoms with E-state index < -0.39 is 0 Å². The predicted octanol–water partition coefficient (Wildman–Crippen LogP) is 5.17. The Balaban J connectivity index is 1.71. The molecule has 0 saturated heterocycles. The monoisotopic (exact) mass is 344 g/mol. The Labute approximate surface area is 154 Å². The Bertz CT molecular complexity index is 935. The molecule has 4 rings (SSSR count). The summed E-state index contributed by atoms with van der Waals surface area (Å²) >= 11 is 0. The molecule has 2 heterocycles. The third kappa shape index (κ3) is 3.03. The van der Waals surface area contributed by atoms with Gasteiger partial charge in [0.05, 0.1) is 0 Å². The summed E-state index contributed by atoms with van der Waals surface area (Å²) in [6.45, 7) is 6.43. The number of aromatic nitrogens is 2. The number of hydrogen-bond donors (Lipinski definition) is 1. The third-order valence-electron chi connectivity index (χ3n) is 4.94. The Morgan fingerprint density at radius 2 is 1.85 bits per heavy atom. The minimum atomic E-state index is 0.387. The molecule has 132 valence electrons. The van der Waals surface area contributed by atoms with Crippen molar-refractivity contribution in [2.24, 2.45) is 0 Å². The molecule has 1 aromatic heterocycles. The van der Waals surface area contributed by atoms with Crippen LogP contribution in [0.2, 0.25) is 0 Å². The molecule has 0 radical (unpaired) electrons. The first-order valence-corrected chi connectivity index (χ1v) is 9.23. The Kier molecular flexibility index (Phi) is 4.33. The SMILES string of the molecule is CCc1ccccc1Nc1nc(C)cc(N2c3ccccc3CC2C)n1. The quantitative estimate of drug-likeness (QED) is 0.708. The lowest BCUT2D eigenvalue weighted by Crippen LogP contribution is -2.25. The van der Waals surface area contributed by atoms with Gasteiger partial charge in [0.2, 0.25) is 5.95 Å². The highest BCUT2D eigenvalue weighted by Crippen LogP contribution is 2.37. The molecular weight excluding hydrogens is 320 g/mol. The van der Waals surface area contributed by atoms with E-state index in [2.05, 4.69) is 77.6 Å². The van der Waals surface area contributed by atoms with Crippen molar-refractivity contribution >= 4 is 23.1 Å². The molecular formula is C22H24N4. The topological polar surface area (TPSA) is 41.1 Å². The zero-order valence-electron chi connectivity index (χ0n) is 15.5. The highest BCUT2D eigenvalue weighted by Gasteiger charge is 2.28. The highest BCUT2D eigenvalue weighted by atomic mass is 15.3. The first-order valence-electron chi connectivity index (χ1n) is 9.23. The lowest BCUT2D eigenvalue weighted by Gasteiger charge is -2.24. The highest BCUT2D eigenvalue weighted by molar-refractivity contribution is 5.70. The molecule has 4 heteroatoms. The number of aryl methyl sites for hydroxylation is 2. The van der Waals surface area contributed by atoms with Gasteiger partial charge in [0.15, 0.2) is 0 Å². The summed E-state index contributed by atoms with van der Waals surface area (Å²) in [5.74, 6) is 1.60. The van der Waals surface area contributed by atoms with Crippen LogP contribution in [0, 0.1) is 6.92 Å². The lowest BCUT2D eigenvalue weighted by atomic mass is 10.1. The van der Waals surface area contributed by atoms with Gasteiger partial charge in [0.1, 0.15) is 5.82 Å². The number of anilines is 4. The van der Waals surface area contributed by atoms with Crippen LogP contribution in [-0.4, -0.2) is 16.0 Å². The Hall–Kier alpha value is -2.88. The summed E-state index contributed by atoms with van der Waals surface area (Å²) in [6.07, 6.45) is 2.01. The van der Waals surface area contributed by atoms with Gasteiger partial charge in [-0.05, 0) is 49.9 Å². The van der Waals surface area contributed by atoms with E-state index in [1.54, 1.807) is 0 Å². The summed E-state index contributed by atoms with van der Waals surface area (Å²) in [5.41, 5.74) is 5.92. The smallest absolute Gasteiger partial charge is 0.229 e. The van der Waals surface area contributed by atoms with E-state index in [-0.39, 0.29) is 0 Å². The van der Waals surface area contributed by atoms with Gasteiger partial charge in [-0.15, -0.1) is 0 Å². The number of benzene rings is 2. The van der Waals surface area contributed by atoms with E-state index in [0.29, 0.717) is 12.0 Å². The van der Waals surface area contributed by atoms with Gasteiger partial charge in [0, 0.05) is 29.2 Å². The molecule has 0 amide bonds. The second kappa shape index (κ2) is 6.79. The van der Waals surface area contributed by atoms with Gasteiger partial charge < -0.3 is 10.2 Å². The third-order valence-corrected chi connectivity index (χ3v) is 4.94. The standard InChI is InChI=1S/C22H24N4/c1-4-17-9-5-7-11-19(17)24-22-23-15(2)13-21(25-22)26-16(3)14-18-10-6-8-12-20(18)26/h5-13,16H,4,14H2,1-3H3,(H,23,24,25). The molecule has 1 N–H and O–H groups in total. The fourth-order valence-electron chi connectivity index (χ4n) is 3.72. The summed E-state index contributed by atoms with van der Waals surface area (Å²) in [7, 11) is 0. The van der Waals surface area contributed by atoms with Gasteiger partial charge in [0.25, 0.3) is 0 Å². The van der Waals surface area contributed by atoms with Crippen LogP contribution < -0.4 is 10.2 Å². The van der Waals surface area contributed by atoms with E-state index >= 15 is 0 Å². The zero-order valence-corrected chi connectivity index (χ0v) is 15.5. The molecule has 26 heavy (non-hydrogen) atoms. The molecule has 2 aromatic carbocycles.